The van der Waals surface area contributed by atoms with Gasteiger partial charge in [0.15, 0.2) is 0 Å². The Morgan fingerprint density at radius 2 is 1.87 bits per heavy atom. The highest BCUT2D eigenvalue weighted by Gasteiger charge is 2.29. The maximum absolute atomic E-state index is 12.6. The Labute approximate surface area is 144 Å². The zero-order valence-electron chi connectivity index (χ0n) is 13.3. The van der Waals surface area contributed by atoms with E-state index in [4.69, 9.17) is 0 Å². The smallest absolute Gasteiger partial charge is 0.246 e. The van der Waals surface area contributed by atoms with Crippen LogP contribution < -0.4 is 0 Å². The minimum atomic E-state index is 0.0597. The molecule has 122 valence electrons. The van der Waals surface area contributed by atoms with E-state index in [0.717, 1.165) is 22.9 Å². The van der Waals surface area contributed by atoms with E-state index in [9.17, 15) is 4.79 Å². The molecule has 1 aromatic heterocycles. The molecule has 2 aromatic rings. The van der Waals surface area contributed by atoms with Gasteiger partial charge < -0.3 is 4.90 Å². The van der Waals surface area contributed by atoms with Crippen LogP contribution in [0, 0.1) is 0 Å². The minimum Gasteiger partial charge on any atom is -0.336 e. The summed E-state index contributed by atoms with van der Waals surface area (Å²) in [5.41, 5.74) is 0.881. The number of amides is 1. The lowest BCUT2D eigenvalue weighted by Gasteiger charge is -2.38. The lowest BCUT2D eigenvalue weighted by atomic mass is 9.97. The number of carbonyl (C=O) groups is 1. The summed E-state index contributed by atoms with van der Waals surface area (Å²) in [7, 11) is 0. The summed E-state index contributed by atoms with van der Waals surface area (Å²) in [6, 6.07) is 8.25. The Bertz CT molecular complexity index is 674. The van der Waals surface area contributed by atoms with Gasteiger partial charge >= 0.3 is 0 Å². The predicted octanol–water partition coefficient (Wildman–Crippen LogP) is 2.89. The Balaban J connectivity index is 1.71. The van der Waals surface area contributed by atoms with Gasteiger partial charge in [0, 0.05) is 22.1 Å². The zero-order chi connectivity index (χ0) is 16.4. The number of halogens is 1. The third-order valence-corrected chi connectivity index (χ3v) is 4.84. The number of hydrogen-bond donors (Lipinski definition) is 0. The van der Waals surface area contributed by atoms with Crippen molar-refractivity contribution in [2.75, 3.05) is 0 Å². The Morgan fingerprint density at radius 1 is 1.22 bits per heavy atom. The molecule has 0 spiro atoms. The minimum absolute atomic E-state index is 0.0597. The molecule has 6 nitrogen and oxygen atoms in total. The molecule has 1 aromatic carbocycles. The summed E-state index contributed by atoms with van der Waals surface area (Å²) in [6.45, 7) is 4.35. The zero-order valence-corrected chi connectivity index (χ0v) is 14.9. The first kappa shape index (κ1) is 16.1. The van der Waals surface area contributed by atoms with Crippen LogP contribution in [0.5, 0.6) is 0 Å². The number of aromatic nitrogens is 4. The largest absolute Gasteiger partial charge is 0.336 e. The van der Waals surface area contributed by atoms with E-state index in [2.05, 4.69) is 45.2 Å². The average molecular weight is 378 g/mol. The lowest BCUT2D eigenvalue weighted by molar-refractivity contribution is -0.138. The monoisotopic (exact) mass is 377 g/mol. The van der Waals surface area contributed by atoms with Crippen molar-refractivity contribution in [3.05, 3.63) is 28.7 Å². The van der Waals surface area contributed by atoms with E-state index in [0.29, 0.717) is 5.82 Å². The normalized spacial score (nSPS) is 21.4. The molecule has 23 heavy (non-hydrogen) atoms. The van der Waals surface area contributed by atoms with E-state index >= 15 is 0 Å². The SMILES string of the molecule is C[C@@H]1CCC[C@H](C)N1C(=O)Cn1nnc(-c2ccc(Br)cc2)n1. The molecule has 1 fully saturated rings. The molecule has 2 heterocycles. The number of benzene rings is 1. The van der Waals surface area contributed by atoms with Crippen LogP contribution in [0.25, 0.3) is 11.4 Å². The van der Waals surface area contributed by atoms with Gasteiger partial charge in [0.05, 0.1) is 0 Å². The second-order valence-electron chi connectivity index (χ2n) is 6.08. The summed E-state index contributed by atoms with van der Waals surface area (Å²) in [5.74, 6) is 0.592. The van der Waals surface area contributed by atoms with E-state index in [1.165, 1.54) is 11.2 Å². The summed E-state index contributed by atoms with van der Waals surface area (Å²) in [4.78, 5) is 15.9. The van der Waals surface area contributed by atoms with Crippen LogP contribution in [0.15, 0.2) is 28.7 Å². The fourth-order valence-corrected chi connectivity index (χ4v) is 3.40. The Hall–Kier alpha value is -1.76. The van der Waals surface area contributed by atoms with Crippen LogP contribution >= 0.6 is 15.9 Å². The first-order valence-corrected chi connectivity index (χ1v) is 8.69. The van der Waals surface area contributed by atoms with Crippen molar-refractivity contribution in [2.24, 2.45) is 0 Å². The van der Waals surface area contributed by atoms with Crippen LogP contribution in [-0.2, 0) is 11.3 Å². The van der Waals surface area contributed by atoms with Gasteiger partial charge in [-0.05, 0) is 62.6 Å². The molecule has 0 bridgehead atoms. The van der Waals surface area contributed by atoms with Crippen molar-refractivity contribution in [1.82, 2.24) is 25.1 Å². The van der Waals surface area contributed by atoms with Gasteiger partial charge in [-0.15, -0.1) is 10.2 Å². The second kappa shape index (κ2) is 6.78. The van der Waals surface area contributed by atoms with Gasteiger partial charge in [0.1, 0.15) is 6.54 Å². The molecule has 2 atom stereocenters. The van der Waals surface area contributed by atoms with Crippen molar-refractivity contribution < 1.29 is 4.79 Å². The van der Waals surface area contributed by atoms with E-state index in [1.807, 2.05) is 29.2 Å². The first-order chi connectivity index (χ1) is 11.0. The third-order valence-electron chi connectivity index (χ3n) is 4.31. The van der Waals surface area contributed by atoms with Gasteiger partial charge in [-0.2, -0.15) is 4.80 Å². The molecule has 1 amide bonds. The van der Waals surface area contributed by atoms with E-state index < -0.39 is 0 Å². The maximum Gasteiger partial charge on any atom is 0.246 e. The number of rotatable bonds is 3. The molecule has 1 aliphatic rings. The van der Waals surface area contributed by atoms with Crippen LogP contribution in [0.3, 0.4) is 0 Å². The Kier molecular flexibility index (Phi) is 4.75. The highest BCUT2D eigenvalue weighted by molar-refractivity contribution is 9.10. The highest BCUT2D eigenvalue weighted by atomic mass is 79.9. The molecule has 3 rings (SSSR count). The molecule has 0 N–H and O–H groups in total. The van der Waals surface area contributed by atoms with Crippen molar-refractivity contribution in [3.63, 3.8) is 0 Å². The number of likely N-dealkylation sites (tertiary alicyclic amines) is 1. The molecule has 1 saturated heterocycles. The van der Waals surface area contributed by atoms with Crippen LogP contribution in [0.1, 0.15) is 33.1 Å². The number of carbonyl (C=O) groups excluding carboxylic acids is 1. The van der Waals surface area contributed by atoms with Gasteiger partial charge in [-0.3, -0.25) is 4.79 Å². The topological polar surface area (TPSA) is 63.9 Å². The molecule has 0 saturated carbocycles. The van der Waals surface area contributed by atoms with Crippen molar-refractivity contribution >= 4 is 21.8 Å². The van der Waals surface area contributed by atoms with Gasteiger partial charge in [0.25, 0.3) is 0 Å². The molecule has 1 aliphatic heterocycles. The molecular formula is C16H20BrN5O. The summed E-state index contributed by atoms with van der Waals surface area (Å²) >= 11 is 3.40. The molecular weight excluding hydrogens is 358 g/mol. The lowest BCUT2D eigenvalue weighted by Crippen LogP contribution is -2.48. The summed E-state index contributed by atoms with van der Waals surface area (Å²) in [6.07, 6.45) is 3.30. The van der Waals surface area contributed by atoms with Gasteiger partial charge in [-0.25, -0.2) is 0 Å². The van der Waals surface area contributed by atoms with Crippen molar-refractivity contribution in [1.29, 1.82) is 0 Å². The molecule has 0 radical (unpaired) electrons. The van der Waals surface area contributed by atoms with Gasteiger partial charge in [-0.1, -0.05) is 15.9 Å². The number of nitrogens with zero attached hydrogens (tertiary/aromatic N) is 5. The highest BCUT2D eigenvalue weighted by Crippen LogP contribution is 2.23. The summed E-state index contributed by atoms with van der Waals surface area (Å²) < 4.78 is 0.997. The molecule has 0 aliphatic carbocycles. The first-order valence-electron chi connectivity index (χ1n) is 7.89. The van der Waals surface area contributed by atoms with Gasteiger partial charge in [0.2, 0.25) is 11.7 Å². The molecule has 7 heteroatoms. The third kappa shape index (κ3) is 3.60. The maximum atomic E-state index is 12.6. The number of hydrogen-bond acceptors (Lipinski definition) is 4. The fourth-order valence-electron chi connectivity index (χ4n) is 3.14. The number of piperidine rings is 1. The quantitative estimate of drug-likeness (QED) is 0.824. The summed E-state index contributed by atoms with van der Waals surface area (Å²) in [5, 5.41) is 12.4. The second-order valence-corrected chi connectivity index (χ2v) is 7.00. The number of tetrazole rings is 1. The fraction of sp³-hybridized carbons (Fsp3) is 0.500. The molecule has 0 unspecified atom stereocenters. The van der Waals surface area contributed by atoms with E-state index in [1.54, 1.807) is 0 Å². The van der Waals surface area contributed by atoms with Crippen LogP contribution in [-0.4, -0.2) is 43.1 Å². The van der Waals surface area contributed by atoms with Crippen LogP contribution in [0.4, 0.5) is 0 Å². The van der Waals surface area contributed by atoms with Crippen molar-refractivity contribution in [2.45, 2.75) is 51.7 Å². The van der Waals surface area contributed by atoms with Crippen LogP contribution in [0.2, 0.25) is 0 Å². The average Bonchev–Trinajstić information content (AvgIpc) is 2.96. The predicted molar refractivity (Wildman–Crippen MR) is 90.6 cm³/mol. The standard InChI is InChI=1S/C16H20BrN5O/c1-11-4-3-5-12(2)22(11)15(23)10-21-19-16(18-20-21)13-6-8-14(17)9-7-13/h6-9,11-12H,3-5,10H2,1-2H3/t11-,12+. The van der Waals surface area contributed by atoms with E-state index in [-0.39, 0.29) is 24.5 Å². The van der Waals surface area contributed by atoms with Crippen molar-refractivity contribution in [3.8, 4) is 11.4 Å². The Morgan fingerprint density at radius 3 is 2.52 bits per heavy atom.